The van der Waals surface area contributed by atoms with Gasteiger partial charge in [0.25, 0.3) is 0 Å². The average Bonchev–Trinajstić information content (AvgIpc) is 2.63. The van der Waals surface area contributed by atoms with Crippen molar-refractivity contribution < 1.29 is 10.0 Å². The first-order valence-electron chi connectivity index (χ1n) is 10.7. The molecule has 152 valence electrons. The van der Waals surface area contributed by atoms with Crippen LogP contribution < -0.4 is 4.90 Å². The molecule has 1 aliphatic rings. The van der Waals surface area contributed by atoms with Crippen LogP contribution in [0.25, 0.3) is 0 Å². The maximum Gasteiger partial charge on any atom is 0.156 e. The lowest BCUT2D eigenvalue weighted by Crippen LogP contribution is -3.13. The largest absolute Gasteiger partial charge is 0.507 e. The zero-order chi connectivity index (χ0) is 20.5. The lowest BCUT2D eigenvalue weighted by Gasteiger charge is -2.34. The van der Waals surface area contributed by atoms with E-state index >= 15 is 0 Å². The molecule has 1 fully saturated rings. The van der Waals surface area contributed by atoms with Crippen LogP contribution in [0.15, 0.2) is 36.5 Å². The zero-order valence-electron chi connectivity index (χ0n) is 18.5. The summed E-state index contributed by atoms with van der Waals surface area (Å²) in [7, 11) is 0. The average molecular weight is 382 g/mol. The summed E-state index contributed by atoms with van der Waals surface area (Å²) in [5, 5.41) is 11.1. The molecule has 0 unspecified atom stereocenters. The van der Waals surface area contributed by atoms with Gasteiger partial charge >= 0.3 is 0 Å². The van der Waals surface area contributed by atoms with E-state index in [0.29, 0.717) is 5.75 Å². The Morgan fingerprint density at radius 2 is 1.46 bits per heavy atom. The standard InChI is InChI=1S/C25H36N2O/c1-24(2,3)19-16-18(17-20(23(19)28)25(4,5)6)22(21-12-8-9-13-26-21)27-14-10-7-11-15-27/h8-9,12-13,16-17,22,28H,7,10-11,14-15H2,1-6H3/p+1/t22-/m1/s1. The van der Waals surface area contributed by atoms with E-state index in [4.69, 9.17) is 4.98 Å². The number of phenolic OH excluding ortho intramolecular Hbond substituents is 1. The van der Waals surface area contributed by atoms with Crippen LogP contribution in [0.1, 0.15) is 89.2 Å². The van der Waals surface area contributed by atoms with Crippen molar-refractivity contribution in [3.63, 3.8) is 0 Å². The molecule has 1 atom stereocenters. The first kappa shape index (κ1) is 20.9. The number of aromatic hydroxyl groups is 1. The first-order chi connectivity index (χ1) is 13.1. The predicted octanol–water partition coefficient (Wildman–Crippen LogP) is 4.54. The van der Waals surface area contributed by atoms with E-state index in [2.05, 4.69) is 65.8 Å². The highest BCUT2D eigenvalue weighted by atomic mass is 16.3. The summed E-state index contributed by atoms with van der Waals surface area (Å²) in [6, 6.07) is 10.9. The van der Waals surface area contributed by atoms with Crippen molar-refractivity contribution in [1.29, 1.82) is 0 Å². The smallest absolute Gasteiger partial charge is 0.156 e. The Labute approximate surface area is 170 Å². The Morgan fingerprint density at radius 1 is 0.893 bits per heavy atom. The number of hydrogen-bond donors (Lipinski definition) is 2. The van der Waals surface area contributed by atoms with E-state index in [1.54, 1.807) is 4.90 Å². The molecule has 2 N–H and O–H groups in total. The van der Waals surface area contributed by atoms with Gasteiger partial charge in [0.1, 0.15) is 11.4 Å². The van der Waals surface area contributed by atoms with Gasteiger partial charge in [-0.05, 0) is 54.4 Å². The highest BCUT2D eigenvalue weighted by Crippen LogP contribution is 2.41. The van der Waals surface area contributed by atoms with Crippen molar-refractivity contribution >= 4 is 0 Å². The van der Waals surface area contributed by atoms with Gasteiger partial charge in [0.15, 0.2) is 6.04 Å². The van der Waals surface area contributed by atoms with Crippen molar-refractivity contribution in [2.45, 2.75) is 77.7 Å². The van der Waals surface area contributed by atoms with Gasteiger partial charge in [0.2, 0.25) is 0 Å². The van der Waals surface area contributed by atoms with Gasteiger partial charge in [-0.15, -0.1) is 0 Å². The Bertz CT molecular complexity index is 759. The normalized spacial score (nSPS) is 17.5. The molecule has 3 heteroatoms. The molecule has 0 spiro atoms. The maximum absolute atomic E-state index is 11.1. The van der Waals surface area contributed by atoms with Crippen LogP contribution in [0.3, 0.4) is 0 Å². The van der Waals surface area contributed by atoms with Gasteiger partial charge in [-0.3, -0.25) is 4.98 Å². The molecule has 1 aromatic carbocycles. The molecule has 2 heterocycles. The third-order valence-corrected chi connectivity index (χ3v) is 5.97. The molecule has 0 saturated carbocycles. The monoisotopic (exact) mass is 381 g/mol. The van der Waals surface area contributed by atoms with Gasteiger partial charge in [-0.25, -0.2) is 0 Å². The SMILES string of the molecule is CC(C)(C)c1cc([C@H](c2ccccn2)[NH+]2CCCCC2)cc(C(C)(C)C)c1O. The van der Waals surface area contributed by atoms with Gasteiger partial charge in [-0.2, -0.15) is 0 Å². The summed E-state index contributed by atoms with van der Waals surface area (Å²) in [4.78, 5) is 6.35. The fourth-order valence-corrected chi connectivity index (χ4v) is 4.42. The Morgan fingerprint density at radius 3 is 1.93 bits per heavy atom. The zero-order valence-corrected chi connectivity index (χ0v) is 18.5. The number of pyridine rings is 1. The van der Waals surface area contributed by atoms with Crippen LogP contribution in [0.4, 0.5) is 0 Å². The molecule has 1 saturated heterocycles. The van der Waals surface area contributed by atoms with Gasteiger partial charge in [0, 0.05) is 22.9 Å². The number of rotatable bonds is 3. The summed E-state index contributed by atoms with van der Waals surface area (Å²) in [5.41, 5.74) is 4.24. The van der Waals surface area contributed by atoms with Crippen molar-refractivity contribution in [2.24, 2.45) is 0 Å². The number of likely N-dealkylation sites (tertiary alicyclic amines) is 1. The summed E-state index contributed by atoms with van der Waals surface area (Å²) in [5.74, 6) is 0.456. The molecule has 2 aromatic rings. The number of benzene rings is 1. The molecule has 1 aliphatic heterocycles. The topological polar surface area (TPSA) is 37.6 Å². The summed E-state index contributed by atoms with van der Waals surface area (Å²) in [6.07, 6.45) is 5.78. The predicted molar refractivity (Wildman–Crippen MR) is 116 cm³/mol. The van der Waals surface area contributed by atoms with Crippen molar-refractivity contribution in [3.8, 4) is 5.75 Å². The Kier molecular flexibility index (Phi) is 5.86. The van der Waals surface area contributed by atoms with Crippen molar-refractivity contribution in [3.05, 3.63) is 58.9 Å². The lowest BCUT2D eigenvalue weighted by atomic mass is 9.77. The highest BCUT2D eigenvalue weighted by Gasteiger charge is 2.33. The van der Waals surface area contributed by atoms with E-state index in [-0.39, 0.29) is 16.9 Å². The number of aromatic nitrogens is 1. The second-order valence-corrected chi connectivity index (χ2v) is 10.4. The molecule has 1 aromatic heterocycles. The highest BCUT2D eigenvalue weighted by molar-refractivity contribution is 5.51. The van der Waals surface area contributed by atoms with Crippen LogP contribution >= 0.6 is 0 Å². The molecular formula is C25H37N2O+. The number of piperidine rings is 1. The van der Waals surface area contributed by atoms with Crippen LogP contribution in [0.5, 0.6) is 5.75 Å². The van der Waals surface area contributed by atoms with Gasteiger partial charge in [-0.1, -0.05) is 47.6 Å². The third-order valence-electron chi connectivity index (χ3n) is 5.97. The van der Waals surface area contributed by atoms with Crippen LogP contribution in [-0.4, -0.2) is 23.2 Å². The van der Waals surface area contributed by atoms with Crippen molar-refractivity contribution in [2.75, 3.05) is 13.1 Å². The Hall–Kier alpha value is -1.87. The van der Waals surface area contributed by atoms with Gasteiger partial charge in [0.05, 0.1) is 13.1 Å². The van der Waals surface area contributed by atoms with Crippen LogP contribution in [-0.2, 0) is 10.8 Å². The summed E-state index contributed by atoms with van der Waals surface area (Å²) >= 11 is 0. The first-order valence-corrected chi connectivity index (χ1v) is 10.7. The van der Waals surface area contributed by atoms with E-state index in [9.17, 15) is 5.11 Å². The minimum atomic E-state index is -0.119. The third kappa shape index (κ3) is 4.41. The fourth-order valence-electron chi connectivity index (χ4n) is 4.42. The number of hydrogen-bond acceptors (Lipinski definition) is 2. The minimum Gasteiger partial charge on any atom is -0.507 e. The molecule has 3 nitrogen and oxygen atoms in total. The van der Waals surface area contributed by atoms with Crippen LogP contribution in [0, 0.1) is 0 Å². The molecule has 3 rings (SSSR count). The lowest BCUT2D eigenvalue weighted by molar-refractivity contribution is -0.930. The molecule has 28 heavy (non-hydrogen) atoms. The molecule has 0 amide bonds. The number of quaternary nitrogens is 1. The number of nitrogens with zero attached hydrogens (tertiary/aromatic N) is 1. The van der Waals surface area contributed by atoms with Crippen molar-refractivity contribution in [1.82, 2.24) is 4.98 Å². The van der Waals surface area contributed by atoms with Crippen LogP contribution in [0.2, 0.25) is 0 Å². The van der Waals surface area contributed by atoms with E-state index in [0.717, 1.165) is 16.8 Å². The summed E-state index contributed by atoms with van der Waals surface area (Å²) in [6.45, 7) is 15.5. The molecule has 0 radical (unpaired) electrons. The van der Waals surface area contributed by atoms with E-state index in [1.165, 1.54) is 37.9 Å². The Balaban J connectivity index is 2.21. The molecular weight excluding hydrogens is 344 g/mol. The fraction of sp³-hybridized carbons (Fsp3) is 0.560. The number of phenols is 1. The second-order valence-electron chi connectivity index (χ2n) is 10.4. The van der Waals surface area contributed by atoms with E-state index in [1.807, 2.05) is 12.3 Å². The number of nitrogens with one attached hydrogen (secondary N) is 1. The summed E-state index contributed by atoms with van der Waals surface area (Å²) < 4.78 is 0. The molecule has 0 bridgehead atoms. The maximum atomic E-state index is 11.1. The van der Waals surface area contributed by atoms with E-state index < -0.39 is 0 Å². The molecule has 0 aliphatic carbocycles. The second kappa shape index (κ2) is 7.87. The minimum absolute atomic E-state index is 0.119. The quantitative estimate of drug-likeness (QED) is 0.819. The van der Waals surface area contributed by atoms with Gasteiger partial charge < -0.3 is 10.0 Å².